The van der Waals surface area contributed by atoms with Crippen LogP contribution < -0.4 is 5.56 Å². The summed E-state index contributed by atoms with van der Waals surface area (Å²) in [6, 6.07) is 51.8. The van der Waals surface area contributed by atoms with E-state index in [0.29, 0.717) is 39.2 Å². The van der Waals surface area contributed by atoms with Gasteiger partial charge in [-0.2, -0.15) is 0 Å². The zero-order chi connectivity index (χ0) is 31.6. The standard InChI is InChI=1S/C42H27FN2O2/c43-34-26-15-25-33-37(34)42(31-22-11-4-12-23-31)41(30-20-9-3-10-21-30,45-39(33)44-35-27-14-13-24-32(35)40(45)46)36(28-16-5-1-6-17-28)38(47-42)29-18-7-2-8-19-29/h1-27H/t41-,42-/m0/s1. The Labute approximate surface area is 270 Å². The molecule has 0 spiro atoms. The molecular formula is C42H27FN2O2. The van der Waals surface area contributed by atoms with Crippen LogP contribution in [0.3, 0.4) is 0 Å². The zero-order valence-electron chi connectivity index (χ0n) is 25.2. The van der Waals surface area contributed by atoms with Gasteiger partial charge >= 0.3 is 0 Å². The second kappa shape index (κ2) is 10.2. The molecule has 0 unspecified atom stereocenters. The summed E-state index contributed by atoms with van der Waals surface area (Å²) in [4.78, 5) is 20.5. The molecule has 1 aromatic heterocycles. The number of benzene rings is 6. The lowest BCUT2D eigenvalue weighted by atomic mass is 9.60. The zero-order valence-corrected chi connectivity index (χ0v) is 25.2. The van der Waals surface area contributed by atoms with Crippen LogP contribution in [0.1, 0.15) is 27.8 Å². The van der Waals surface area contributed by atoms with Gasteiger partial charge in [-0.05, 0) is 29.3 Å². The molecule has 7 aromatic rings. The molecule has 6 aromatic carbocycles. The van der Waals surface area contributed by atoms with E-state index < -0.39 is 17.0 Å². The lowest BCUT2D eigenvalue weighted by Gasteiger charge is -2.51. The SMILES string of the molecule is O=c1c2ccccc2nc2n1[C@@]1(c3ccccc3)C(c3ccccc3)=C(c3ccccc3)O[C@@]1(c1ccccc1)c1c(F)cccc1-2. The predicted molar refractivity (Wildman–Crippen MR) is 183 cm³/mol. The van der Waals surface area contributed by atoms with Gasteiger partial charge in [-0.25, -0.2) is 9.37 Å². The lowest BCUT2D eigenvalue weighted by Crippen LogP contribution is -2.60. The fourth-order valence-electron chi connectivity index (χ4n) is 7.79. The Kier molecular flexibility index (Phi) is 5.93. The van der Waals surface area contributed by atoms with E-state index in [9.17, 15) is 0 Å². The molecule has 5 heteroatoms. The average molecular weight is 611 g/mol. The van der Waals surface area contributed by atoms with Crippen molar-refractivity contribution >= 4 is 22.2 Å². The summed E-state index contributed by atoms with van der Waals surface area (Å²) in [5.41, 5.74) is 1.98. The molecule has 2 atom stereocenters. The van der Waals surface area contributed by atoms with Gasteiger partial charge in [0.2, 0.25) is 0 Å². The van der Waals surface area contributed by atoms with Crippen LogP contribution in [0.4, 0.5) is 4.39 Å². The number of para-hydroxylation sites is 1. The third-order valence-corrected chi connectivity index (χ3v) is 9.54. The predicted octanol–water partition coefficient (Wildman–Crippen LogP) is 8.80. The number of rotatable bonds is 4. The number of fused-ring (bicyclic) bond motifs is 7. The van der Waals surface area contributed by atoms with E-state index in [0.717, 1.165) is 22.3 Å². The number of nitrogens with zero attached hydrogens (tertiary/aromatic N) is 2. The van der Waals surface area contributed by atoms with Gasteiger partial charge in [0.1, 0.15) is 17.4 Å². The van der Waals surface area contributed by atoms with Crippen LogP contribution in [-0.4, -0.2) is 9.55 Å². The van der Waals surface area contributed by atoms with Crippen molar-refractivity contribution in [3.8, 4) is 11.4 Å². The first kappa shape index (κ1) is 27.3. The highest BCUT2D eigenvalue weighted by molar-refractivity contribution is 6.00. The van der Waals surface area contributed by atoms with Crippen molar-refractivity contribution in [2.75, 3.05) is 0 Å². The van der Waals surface area contributed by atoms with Gasteiger partial charge in [0.25, 0.3) is 5.56 Å². The summed E-state index contributed by atoms with van der Waals surface area (Å²) in [6.45, 7) is 0. The van der Waals surface area contributed by atoms with E-state index in [4.69, 9.17) is 9.72 Å². The molecule has 0 amide bonds. The van der Waals surface area contributed by atoms with Gasteiger partial charge in [0, 0.05) is 27.8 Å². The van der Waals surface area contributed by atoms with Crippen molar-refractivity contribution in [3.63, 3.8) is 0 Å². The Balaban J connectivity index is 1.62. The smallest absolute Gasteiger partial charge is 0.262 e. The van der Waals surface area contributed by atoms with Crippen LogP contribution >= 0.6 is 0 Å². The van der Waals surface area contributed by atoms with E-state index in [1.165, 1.54) is 6.07 Å². The maximum atomic E-state index is 17.1. The molecule has 0 N–H and O–H groups in total. The largest absolute Gasteiger partial charge is 0.473 e. The number of hydrogen-bond acceptors (Lipinski definition) is 3. The number of aromatic nitrogens is 2. The highest BCUT2D eigenvalue weighted by Crippen LogP contribution is 2.68. The molecule has 4 nitrogen and oxygen atoms in total. The van der Waals surface area contributed by atoms with E-state index in [-0.39, 0.29) is 5.56 Å². The summed E-state index contributed by atoms with van der Waals surface area (Å²) in [6.07, 6.45) is 0. The molecule has 0 saturated heterocycles. The highest BCUT2D eigenvalue weighted by Gasteiger charge is 2.70. The van der Waals surface area contributed by atoms with E-state index in [2.05, 4.69) is 0 Å². The van der Waals surface area contributed by atoms with Crippen molar-refractivity contribution in [2.45, 2.75) is 11.1 Å². The Bertz CT molecular complexity index is 2410. The van der Waals surface area contributed by atoms with Crippen molar-refractivity contribution in [1.82, 2.24) is 9.55 Å². The van der Waals surface area contributed by atoms with Crippen molar-refractivity contribution < 1.29 is 9.13 Å². The third-order valence-electron chi connectivity index (χ3n) is 9.54. The molecule has 2 aliphatic heterocycles. The molecule has 47 heavy (non-hydrogen) atoms. The quantitative estimate of drug-likeness (QED) is 0.200. The van der Waals surface area contributed by atoms with Gasteiger partial charge in [-0.3, -0.25) is 9.36 Å². The van der Waals surface area contributed by atoms with Crippen molar-refractivity contribution in [3.05, 3.63) is 208 Å². The molecular weight excluding hydrogens is 583 g/mol. The first-order valence-corrected chi connectivity index (χ1v) is 15.6. The van der Waals surface area contributed by atoms with E-state index in [1.54, 1.807) is 10.6 Å². The highest BCUT2D eigenvalue weighted by atomic mass is 19.1. The maximum absolute atomic E-state index is 17.1. The van der Waals surface area contributed by atoms with Crippen LogP contribution in [0.25, 0.3) is 33.6 Å². The van der Waals surface area contributed by atoms with Gasteiger partial charge in [0.15, 0.2) is 11.1 Å². The molecule has 3 heterocycles. The van der Waals surface area contributed by atoms with Gasteiger partial charge in [-0.15, -0.1) is 0 Å². The molecule has 0 radical (unpaired) electrons. The summed E-state index contributed by atoms with van der Waals surface area (Å²) in [5.74, 6) is 0.499. The second-order valence-electron chi connectivity index (χ2n) is 11.9. The van der Waals surface area contributed by atoms with Crippen LogP contribution in [0.2, 0.25) is 0 Å². The molecule has 0 aliphatic carbocycles. The summed E-state index contributed by atoms with van der Waals surface area (Å²) in [7, 11) is 0. The second-order valence-corrected chi connectivity index (χ2v) is 11.9. The van der Waals surface area contributed by atoms with E-state index >= 15 is 9.18 Å². The minimum absolute atomic E-state index is 0.240. The fourth-order valence-corrected chi connectivity index (χ4v) is 7.79. The minimum Gasteiger partial charge on any atom is -0.473 e. The average Bonchev–Trinajstić information content (AvgIpc) is 3.47. The lowest BCUT2D eigenvalue weighted by molar-refractivity contribution is 0.0199. The summed E-state index contributed by atoms with van der Waals surface area (Å²) in [5, 5.41) is 0.467. The molecule has 0 fully saturated rings. The molecule has 9 rings (SSSR count). The fraction of sp³-hybridized carbons (Fsp3) is 0.0476. The molecule has 224 valence electrons. The molecule has 2 aliphatic rings. The number of halogens is 1. The number of ether oxygens (including phenoxy) is 1. The minimum atomic E-state index is -1.58. The first-order chi connectivity index (χ1) is 23.2. The normalized spacial score (nSPS) is 19.5. The first-order valence-electron chi connectivity index (χ1n) is 15.6. The Hall–Kier alpha value is -6.07. The van der Waals surface area contributed by atoms with Crippen LogP contribution in [-0.2, 0) is 15.9 Å². The number of hydrogen-bond donors (Lipinski definition) is 0. The van der Waals surface area contributed by atoms with Gasteiger partial charge in [0.05, 0.1) is 10.9 Å². The molecule has 0 bridgehead atoms. The molecule has 0 saturated carbocycles. The monoisotopic (exact) mass is 610 g/mol. The summed E-state index contributed by atoms with van der Waals surface area (Å²) >= 11 is 0. The third kappa shape index (κ3) is 3.57. The topological polar surface area (TPSA) is 44.1 Å². The Morgan fingerprint density at radius 1 is 0.596 bits per heavy atom. The van der Waals surface area contributed by atoms with Crippen molar-refractivity contribution in [1.29, 1.82) is 0 Å². The van der Waals surface area contributed by atoms with Gasteiger partial charge in [-0.1, -0.05) is 146 Å². The maximum Gasteiger partial charge on any atom is 0.262 e. The van der Waals surface area contributed by atoms with Crippen LogP contribution in [0, 0.1) is 5.82 Å². The van der Waals surface area contributed by atoms with Crippen molar-refractivity contribution in [2.24, 2.45) is 0 Å². The van der Waals surface area contributed by atoms with E-state index in [1.807, 2.05) is 152 Å². The Morgan fingerprint density at radius 2 is 1.17 bits per heavy atom. The van der Waals surface area contributed by atoms with Crippen LogP contribution in [0.15, 0.2) is 169 Å². The van der Waals surface area contributed by atoms with Gasteiger partial charge < -0.3 is 4.74 Å². The Morgan fingerprint density at radius 3 is 1.85 bits per heavy atom. The summed E-state index contributed by atoms with van der Waals surface area (Å²) < 4.78 is 26.4. The van der Waals surface area contributed by atoms with Crippen LogP contribution in [0.5, 0.6) is 0 Å².